The molecular weight excluding hydrogens is 440 g/mol. The number of likely N-dealkylation sites (tertiary alicyclic amines) is 1. The number of carbonyl (C=O) groups is 2. The van der Waals surface area contributed by atoms with Gasteiger partial charge in [0.25, 0.3) is 0 Å². The van der Waals surface area contributed by atoms with Crippen molar-refractivity contribution in [2.75, 3.05) is 19.6 Å². The van der Waals surface area contributed by atoms with Crippen LogP contribution in [0.5, 0.6) is 0 Å². The SMILES string of the molecule is C[C@H](c1cccc2ccccc12)N(C[C@H]1CN(C(=O)n2ccnc2)C[C@@H]1c1ccccc1)C(=O)O. The van der Waals surface area contributed by atoms with Crippen molar-refractivity contribution in [3.8, 4) is 0 Å². The molecule has 1 N–H and O–H groups in total. The van der Waals surface area contributed by atoms with E-state index in [-0.39, 0.29) is 23.9 Å². The van der Waals surface area contributed by atoms with Crippen LogP contribution in [0.4, 0.5) is 9.59 Å². The summed E-state index contributed by atoms with van der Waals surface area (Å²) < 4.78 is 1.47. The van der Waals surface area contributed by atoms with E-state index in [0.717, 1.165) is 21.9 Å². The standard InChI is InChI=1S/C28H28N4O3/c1-20(24-13-7-11-21-10-5-6-12-25(21)24)32(28(34)35)17-23-16-31(27(33)30-15-14-29-19-30)18-26(23)22-8-3-2-4-9-22/h2-15,19-20,23,26H,16-18H2,1H3,(H,34,35)/t20-,23-,26-/m1/s1. The Kier molecular flexibility index (Phi) is 6.23. The van der Waals surface area contributed by atoms with Crippen molar-refractivity contribution in [1.29, 1.82) is 0 Å². The normalized spacial score (nSPS) is 18.5. The Morgan fingerprint density at radius 3 is 2.51 bits per heavy atom. The van der Waals surface area contributed by atoms with Gasteiger partial charge in [-0.25, -0.2) is 14.6 Å². The monoisotopic (exact) mass is 468 g/mol. The summed E-state index contributed by atoms with van der Waals surface area (Å²) in [6.07, 6.45) is 3.76. The molecule has 0 aliphatic carbocycles. The number of amides is 2. The van der Waals surface area contributed by atoms with Crippen LogP contribution >= 0.6 is 0 Å². The summed E-state index contributed by atoms with van der Waals surface area (Å²) in [7, 11) is 0. The van der Waals surface area contributed by atoms with Crippen LogP contribution in [-0.4, -0.2) is 56.2 Å². The zero-order chi connectivity index (χ0) is 24.4. The first-order chi connectivity index (χ1) is 17.0. The highest BCUT2D eigenvalue weighted by molar-refractivity contribution is 5.86. The summed E-state index contributed by atoms with van der Waals surface area (Å²) >= 11 is 0. The minimum absolute atomic E-state index is 0.0326. The van der Waals surface area contributed by atoms with Crippen LogP contribution in [-0.2, 0) is 0 Å². The molecule has 1 aliphatic rings. The lowest BCUT2D eigenvalue weighted by Crippen LogP contribution is -2.39. The number of benzene rings is 3. The van der Waals surface area contributed by atoms with Crippen molar-refractivity contribution in [1.82, 2.24) is 19.4 Å². The predicted molar refractivity (Wildman–Crippen MR) is 134 cm³/mol. The topological polar surface area (TPSA) is 78.7 Å². The van der Waals surface area contributed by atoms with Crippen molar-refractivity contribution in [3.05, 3.63) is 103 Å². The number of nitrogens with zero attached hydrogens (tertiary/aromatic N) is 4. The third-order valence-electron chi connectivity index (χ3n) is 7.08. The van der Waals surface area contributed by atoms with Gasteiger partial charge in [-0.1, -0.05) is 72.8 Å². The lowest BCUT2D eigenvalue weighted by Gasteiger charge is -2.31. The van der Waals surface area contributed by atoms with Crippen LogP contribution in [0.1, 0.15) is 30.0 Å². The summed E-state index contributed by atoms with van der Waals surface area (Å²) in [4.78, 5) is 32.9. The van der Waals surface area contributed by atoms with E-state index in [1.54, 1.807) is 17.3 Å². The van der Waals surface area contributed by atoms with E-state index in [9.17, 15) is 14.7 Å². The minimum atomic E-state index is -0.961. The molecule has 1 fully saturated rings. The zero-order valence-electron chi connectivity index (χ0n) is 19.6. The quantitative estimate of drug-likeness (QED) is 0.422. The van der Waals surface area contributed by atoms with Gasteiger partial charge in [-0.05, 0) is 28.8 Å². The van der Waals surface area contributed by atoms with Crippen molar-refractivity contribution in [3.63, 3.8) is 0 Å². The Morgan fingerprint density at radius 1 is 1.03 bits per heavy atom. The maximum Gasteiger partial charge on any atom is 0.407 e. The first kappa shape index (κ1) is 22.7. The van der Waals surface area contributed by atoms with Gasteiger partial charge in [0.2, 0.25) is 0 Å². The lowest BCUT2D eigenvalue weighted by molar-refractivity contribution is 0.117. The molecule has 1 saturated heterocycles. The predicted octanol–water partition coefficient (Wildman–Crippen LogP) is 5.46. The molecule has 35 heavy (non-hydrogen) atoms. The summed E-state index contributed by atoms with van der Waals surface area (Å²) in [5.41, 5.74) is 2.09. The van der Waals surface area contributed by atoms with Gasteiger partial charge in [0.1, 0.15) is 6.33 Å². The van der Waals surface area contributed by atoms with Crippen molar-refractivity contribution in [2.45, 2.75) is 18.9 Å². The highest BCUT2D eigenvalue weighted by atomic mass is 16.4. The van der Waals surface area contributed by atoms with E-state index < -0.39 is 6.09 Å². The number of carbonyl (C=O) groups excluding carboxylic acids is 1. The highest BCUT2D eigenvalue weighted by Crippen LogP contribution is 2.36. The fraction of sp³-hybridized carbons (Fsp3) is 0.250. The maximum absolute atomic E-state index is 13.1. The van der Waals surface area contributed by atoms with Crippen LogP contribution in [0.15, 0.2) is 91.5 Å². The molecule has 178 valence electrons. The maximum atomic E-state index is 13.1. The van der Waals surface area contributed by atoms with Crippen molar-refractivity contribution in [2.24, 2.45) is 5.92 Å². The van der Waals surface area contributed by atoms with Crippen LogP contribution in [0.25, 0.3) is 10.8 Å². The molecule has 0 spiro atoms. The van der Waals surface area contributed by atoms with Gasteiger partial charge < -0.3 is 14.9 Å². The molecule has 5 rings (SSSR count). The van der Waals surface area contributed by atoms with E-state index in [1.807, 2.05) is 67.6 Å². The summed E-state index contributed by atoms with van der Waals surface area (Å²) in [6, 6.07) is 23.6. The van der Waals surface area contributed by atoms with Gasteiger partial charge in [0, 0.05) is 43.9 Å². The highest BCUT2D eigenvalue weighted by Gasteiger charge is 2.39. The first-order valence-electron chi connectivity index (χ1n) is 11.8. The number of aromatic nitrogens is 2. The second-order valence-corrected chi connectivity index (χ2v) is 9.11. The molecule has 3 aromatic carbocycles. The summed E-state index contributed by atoms with van der Waals surface area (Å²) in [5, 5.41) is 12.4. The Balaban J connectivity index is 1.45. The Bertz CT molecular complexity index is 1320. The molecule has 7 nitrogen and oxygen atoms in total. The number of carboxylic acid groups (broad SMARTS) is 1. The van der Waals surface area contributed by atoms with Gasteiger partial charge in [-0.15, -0.1) is 0 Å². The molecule has 1 aromatic heterocycles. The lowest BCUT2D eigenvalue weighted by atomic mass is 9.88. The van der Waals surface area contributed by atoms with E-state index in [2.05, 4.69) is 17.1 Å². The molecule has 7 heteroatoms. The Labute approximate surface area is 204 Å². The summed E-state index contributed by atoms with van der Waals surface area (Å²) in [6.45, 7) is 3.27. The zero-order valence-corrected chi connectivity index (χ0v) is 19.6. The Morgan fingerprint density at radius 2 is 1.77 bits per heavy atom. The van der Waals surface area contributed by atoms with E-state index >= 15 is 0 Å². The number of rotatable bonds is 5. The van der Waals surface area contributed by atoms with E-state index in [0.29, 0.717) is 19.6 Å². The average Bonchev–Trinajstić information content (AvgIpc) is 3.57. The van der Waals surface area contributed by atoms with Crippen LogP contribution < -0.4 is 0 Å². The second kappa shape index (κ2) is 9.62. The fourth-order valence-corrected chi connectivity index (χ4v) is 5.26. The van der Waals surface area contributed by atoms with Crippen molar-refractivity contribution >= 4 is 22.9 Å². The fourth-order valence-electron chi connectivity index (χ4n) is 5.26. The number of hydrogen-bond acceptors (Lipinski definition) is 3. The third kappa shape index (κ3) is 4.49. The number of fused-ring (bicyclic) bond motifs is 1. The van der Waals surface area contributed by atoms with Gasteiger partial charge in [0.05, 0.1) is 6.04 Å². The van der Waals surface area contributed by atoms with Crippen LogP contribution in [0, 0.1) is 5.92 Å². The smallest absolute Gasteiger partial charge is 0.407 e. The number of hydrogen-bond donors (Lipinski definition) is 1. The Hall–Kier alpha value is -4.13. The molecule has 0 radical (unpaired) electrons. The molecule has 0 saturated carbocycles. The van der Waals surface area contributed by atoms with Crippen LogP contribution in [0.3, 0.4) is 0 Å². The van der Waals surface area contributed by atoms with E-state index in [1.165, 1.54) is 15.8 Å². The second-order valence-electron chi connectivity index (χ2n) is 9.11. The van der Waals surface area contributed by atoms with Gasteiger partial charge >= 0.3 is 12.1 Å². The molecule has 1 aliphatic heterocycles. The van der Waals surface area contributed by atoms with E-state index in [4.69, 9.17) is 0 Å². The molecular formula is C28H28N4O3. The largest absolute Gasteiger partial charge is 0.465 e. The summed E-state index contributed by atoms with van der Waals surface area (Å²) in [5.74, 6) is -0.0105. The van der Waals surface area contributed by atoms with Crippen LogP contribution in [0.2, 0.25) is 0 Å². The van der Waals surface area contributed by atoms with Gasteiger partial charge in [-0.2, -0.15) is 0 Å². The first-order valence-corrected chi connectivity index (χ1v) is 11.8. The third-order valence-corrected chi connectivity index (χ3v) is 7.08. The molecule has 3 atom stereocenters. The average molecular weight is 469 g/mol. The molecule has 2 heterocycles. The van der Waals surface area contributed by atoms with Gasteiger partial charge in [0.15, 0.2) is 0 Å². The number of imidazole rings is 1. The minimum Gasteiger partial charge on any atom is -0.465 e. The van der Waals surface area contributed by atoms with Gasteiger partial charge in [-0.3, -0.25) is 4.57 Å². The van der Waals surface area contributed by atoms with Crippen molar-refractivity contribution < 1.29 is 14.7 Å². The molecule has 4 aromatic rings. The molecule has 2 amide bonds. The molecule has 0 bridgehead atoms. The molecule has 0 unspecified atom stereocenters.